The Morgan fingerprint density at radius 1 is 1.44 bits per heavy atom. The van der Waals surface area contributed by atoms with Crippen LogP contribution in [0, 0.1) is 0 Å². The molecule has 2 rings (SSSR count). The average Bonchev–Trinajstić information content (AvgIpc) is 2.73. The van der Waals surface area contributed by atoms with E-state index in [1.165, 1.54) is 5.56 Å². The highest BCUT2D eigenvalue weighted by atomic mass is 16.6. The zero-order valence-electron chi connectivity index (χ0n) is 9.61. The van der Waals surface area contributed by atoms with E-state index in [1.807, 2.05) is 18.2 Å². The molecule has 0 unspecified atom stereocenters. The molecule has 0 aliphatic carbocycles. The van der Waals surface area contributed by atoms with Crippen molar-refractivity contribution in [3.05, 3.63) is 29.8 Å². The van der Waals surface area contributed by atoms with E-state index < -0.39 is 0 Å². The summed E-state index contributed by atoms with van der Waals surface area (Å²) in [4.78, 5) is 13.5. The summed E-state index contributed by atoms with van der Waals surface area (Å²) in [6.07, 6.45) is 2.70. The van der Waals surface area contributed by atoms with Crippen LogP contribution in [-0.4, -0.2) is 19.2 Å². The second-order valence-corrected chi connectivity index (χ2v) is 4.00. The molecule has 1 aromatic rings. The minimum atomic E-state index is -0.210. The molecule has 3 heteroatoms. The number of anilines is 1. The number of amides is 1. The molecule has 1 aliphatic heterocycles. The van der Waals surface area contributed by atoms with Gasteiger partial charge in [-0.05, 0) is 24.5 Å². The van der Waals surface area contributed by atoms with Crippen molar-refractivity contribution < 1.29 is 9.53 Å². The van der Waals surface area contributed by atoms with Gasteiger partial charge in [0, 0.05) is 6.54 Å². The number of carbonyl (C=O) groups excluding carboxylic acids is 1. The third-order valence-electron chi connectivity index (χ3n) is 2.83. The van der Waals surface area contributed by atoms with E-state index in [4.69, 9.17) is 4.74 Å². The molecule has 0 N–H and O–H groups in total. The quantitative estimate of drug-likeness (QED) is 0.731. The molecule has 1 aromatic carbocycles. The van der Waals surface area contributed by atoms with Gasteiger partial charge in [-0.2, -0.15) is 0 Å². The minimum absolute atomic E-state index is 0.210. The van der Waals surface area contributed by atoms with Crippen LogP contribution in [0.1, 0.15) is 25.3 Å². The monoisotopic (exact) mass is 219 g/mol. The maximum atomic E-state index is 11.8. The van der Waals surface area contributed by atoms with Crippen LogP contribution in [0.4, 0.5) is 10.5 Å². The van der Waals surface area contributed by atoms with E-state index in [0.717, 1.165) is 31.5 Å². The van der Waals surface area contributed by atoms with Gasteiger partial charge < -0.3 is 4.74 Å². The van der Waals surface area contributed by atoms with Gasteiger partial charge in [0.05, 0.1) is 12.3 Å². The van der Waals surface area contributed by atoms with Gasteiger partial charge in [-0.1, -0.05) is 31.5 Å². The fraction of sp³-hybridized carbons (Fsp3) is 0.462. The van der Waals surface area contributed by atoms with Gasteiger partial charge in [0.25, 0.3) is 0 Å². The lowest BCUT2D eigenvalue weighted by Crippen LogP contribution is -2.29. The van der Waals surface area contributed by atoms with E-state index in [0.29, 0.717) is 6.61 Å². The summed E-state index contributed by atoms with van der Waals surface area (Å²) in [7, 11) is 0. The van der Waals surface area contributed by atoms with Crippen molar-refractivity contribution in [2.75, 3.05) is 18.1 Å². The number of hydrogen-bond acceptors (Lipinski definition) is 2. The van der Waals surface area contributed by atoms with E-state index in [2.05, 4.69) is 13.0 Å². The molecule has 0 aromatic heterocycles. The van der Waals surface area contributed by atoms with Crippen LogP contribution < -0.4 is 4.90 Å². The van der Waals surface area contributed by atoms with E-state index in [-0.39, 0.29) is 6.09 Å². The molecule has 0 saturated carbocycles. The maximum absolute atomic E-state index is 11.8. The number of nitrogens with zero attached hydrogens (tertiary/aromatic N) is 1. The summed E-state index contributed by atoms with van der Waals surface area (Å²) in [5.41, 5.74) is 2.24. The first kappa shape index (κ1) is 11.0. The Kier molecular flexibility index (Phi) is 3.44. The Balaban J connectivity index is 1.99. The Morgan fingerprint density at radius 3 is 3.06 bits per heavy atom. The molecule has 0 fully saturated rings. The Hall–Kier alpha value is -1.51. The van der Waals surface area contributed by atoms with Gasteiger partial charge in [-0.3, -0.25) is 4.90 Å². The number of rotatable bonds is 3. The summed E-state index contributed by atoms with van der Waals surface area (Å²) in [6.45, 7) is 3.34. The fourth-order valence-corrected chi connectivity index (χ4v) is 1.91. The molecule has 0 bridgehead atoms. The van der Waals surface area contributed by atoms with Crippen molar-refractivity contribution in [3.8, 4) is 0 Å². The molecule has 0 radical (unpaired) electrons. The molecule has 16 heavy (non-hydrogen) atoms. The number of hydrogen-bond donors (Lipinski definition) is 0. The predicted molar refractivity (Wildman–Crippen MR) is 63.7 cm³/mol. The first-order chi connectivity index (χ1) is 7.83. The van der Waals surface area contributed by atoms with Crippen molar-refractivity contribution in [1.82, 2.24) is 0 Å². The van der Waals surface area contributed by atoms with Gasteiger partial charge in [0.1, 0.15) is 0 Å². The second-order valence-electron chi connectivity index (χ2n) is 4.00. The predicted octanol–water partition coefficient (Wildman–Crippen LogP) is 2.99. The zero-order valence-corrected chi connectivity index (χ0v) is 9.61. The van der Waals surface area contributed by atoms with Gasteiger partial charge in [0.15, 0.2) is 0 Å². The third kappa shape index (κ3) is 2.18. The second kappa shape index (κ2) is 5.01. The molecule has 1 heterocycles. The summed E-state index contributed by atoms with van der Waals surface area (Å²) in [5, 5.41) is 0. The van der Waals surface area contributed by atoms with Crippen molar-refractivity contribution in [2.24, 2.45) is 0 Å². The van der Waals surface area contributed by atoms with Crippen molar-refractivity contribution >= 4 is 11.8 Å². The van der Waals surface area contributed by atoms with Crippen LogP contribution in [-0.2, 0) is 11.2 Å². The molecule has 0 spiro atoms. The van der Waals surface area contributed by atoms with Crippen LogP contribution in [0.2, 0.25) is 0 Å². The Labute approximate surface area is 96.0 Å². The smallest absolute Gasteiger partial charge is 0.414 e. The van der Waals surface area contributed by atoms with Crippen LogP contribution in [0.5, 0.6) is 0 Å². The topological polar surface area (TPSA) is 29.5 Å². The minimum Gasteiger partial charge on any atom is -0.449 e. The lowest BCUT2D eigenvalue weighted by Gasteiger charge is -2.16. The highest BCUT2D eigenvalue weighted by molar-refractivity contribution is 5.90. The third-order valence-corrected chi connectivity index (χ3v) is 2.83. The SMILES string of the molecule is CCCCOC(=O)N1CCc2ccccc21. The fourth-order valence-electron chi connectivity index (χ4n) is 1.91. The number of ether oxygens (including phenoxy) is 1. The molecule has 3 nitrogen and oxygen atoms in total. The van der Waals surface area contributed by atoms with Crippen LogP contribution >= 0.6 is 0 Å². The standard InChI is InChI=1S/C13H17NO2/c1-2-3-10-16-13(15)14-9-8-11-6-4-5-7-12(11)14/h4-7H,2-3,8-10H2,1H3. The van der Waals surface area contributed by atoms with E-state index >= 15 is 0 Å². The summed E-state index contributed by atoms with van der Waals surface area (Å²) >= 11 is 0. The first-order valence-electron chi connectivity index (χ1n) is 5.85. The van der Waals surface area contributed by atoms with Crippen LogP contribution in [0.15, 0.2) is 24.3 Å². The van der Waals surface area contributed by atoms with E-state index in [9.17, 15) is 4.79 Å². The van der Waals surface area contributed by atoms with Gasteiger partial charge in [0.2, 0.25) is 0 Å². The molecular weight excluding hydrogens is 202 g/mol. The zero-order chi connectivity index (χ0) is 11.4. The lowest BCUT2D eigenvalue weighted by molar-refractivity contribution is 0.152. The normalized spacial score (nSPS) is 13.7. The number of para-hydroxylation sites is 1. The molecule has 1 aliphatic rings. The number of fused-ring (bicyclic) bond motifs is 1. The Bertz CT molecular complexity index is 376. The summed E-state index contributed by atoms with van der Waals surface area (Å²) < 4.78 is 5.21. The number of carbonyl (C=O) groups is 1. The molecular formula is C13H17NO2. The lowest BCUT2D eigenvalue weighted by atomic mass is 10.2. The molecule has 1 amide bonds. The molecule has 0 saturated heterocycles. The van der Waals surface area contributed by atoms with Gasteiger partial charge in [-0.25, -0.2) is 4.79 Å². The first-order valence-corrected chi connectivity index (χ1v) is 5.85. The van der Waals surface area contributed by atoms with Crippen LogP contribution in [0.3, 0.4) is 0 Å². The summed E-state index contributed by atoms with van der Waals surface area (Å²) in [5.74, 6) is 0. The van der Waals surface area contributed by atoms with Crippen molar-refractivity contribution in [3.63, 3.8) is 0 Å². The van der Waals surface area contributed by atoms with E-state index in [1.54, 1.807) is 4.90 Å². The summed E-state index contributed by atoms with van der Waals surface area (Å²) in [6, 6.07) is 8.00. The molecule has 86 valence electrons. The van der Waals surface area contributed by atoms with Crippen LogP contribution in [0.25, 0.3) is 0 Å². The number of benzene rings is 1. The average molecular weight is 219 g/mol. The molecule has 0 atom stereocenters. The maximum Gasteiger partial charge on any atom is 0.414 e. The van der Waals surface area contributed by atoms with Crippen molar-refractivity contribution in [1.29, 1.82) is 0 Å². The van der Waals surface area contributed by atoms with Gasteiger partial charge in [-0.15, -0.1) is 0 Å². The van der Waals surface area contributed by atoms with Gasteiger partial charge >= 0.3 is 6.09 Å². The highest BCUT2D eigenvalue weighted by Crippen LogP contribution is 2.27. The number of unbranched alkanes of at least 4 members (excludes halogenated alkanes) is 1. The largest absolute Gasteiger partial charge is 0.449 e. The highest BCUT2D eigenvalue weighted by Gasteiger charge is 2.24. The van der Waals surface area contributed by atoms with Crippen molar-refractivity contribution in [2.45, 2.75) is 26.2 Å². The Morgan fingerprint density at radius 2 is 2.25 bits per heavy atom.